The van der Waals surface area contributed by atoms with Crippen LogP contribution < -0.4 is 0 Å². The van der Waals surface area contributed by atoms with Gasteiger partial charge >= 0.3 is 0 Å². The number of hydrogen-bond acceptors (Lipinski definition) is 2. The Labute approximate surface area is 87.1 Å². The van der Waals surface area contributed by atoms with Crippen molar-refractivity contribution in [2.75, 3.05) is 19.8 Å². The first-order valence-corrected chi connectivity index (χ1v) is 5.24. The van der Waals surface area contributed by atoms with Gasteiger partial charge in [0.25, 0.3) is 0 Å². The molecule has 2 atom stereocenters. The lowest BCUT2D eigenvalue weighted by atomic mass is 9.96. The minimum absolute atomic E-state index is 0.325. The maximum atomic E-state index is 5.34. The van der Waals surface area contributed by atoms with E-state index in [2.05, 4.69) is 16.8 Å². The predicted molar refractivity (Wildman–Crippen MR) is 56.1 cm³/mol. The van der Waals surface area contributed by atoms with Crippen LogP contribution >= 0.6 is 22.6 Å². The van der Waals surface area contributed by atoms with Crippen molar-refractivity contribution in [1.82, 2.24) is 0 Å². The summed E-state index contributed by atoms with van der Waals surface area (Å²) in [6.07, 6.45) is 1.51. The summed E-state index contributed by atoms with van der Waals surface area (Å²) in [5.41, 5.74) is 0. The molecule has 1 heterocycles. The molecule has 12 heavy (non-hydrogen) atoms. The third-order valence-corrected chi connectivity index (χ3v) is 2.48. The van der Waals surface area contributed by atoms with Crippen LogP contribution in [0.2, 0.25) is 0 Å². The monoisotopic (exact) mass is 280 g/mol. The molecule has 1 saturated heterocycles. The van der Waals surface area contributed by atoms with Crippen LogP contribution in [0.3, 0.4) is 0 Å². The van der Waals surface area contributed by atoms with Gasteiger partial charge in [0, 0.05) is 28.5 Å². The molecule has 68 valence electrons. The minimum Gasteiger partial charge on any atom is -0.375 e. The lowest BCUT2D eigenvalue weighted by Crippen LogP contribution is -2.42. The zero-order valence-corrected chi connectivity index (χ0v) is 9.34. The van der Waals surface area contributed by atoms with E-state index in [1.54, 1.807) is 0 Å². The van der Waals surface area contributed by atoms with Crippen LogP contribution in [0.5, 0.6) is 0 Å². The molecule has 0 bridgehead atoms. The summed E-state index contributed by atoms with van der Waals surface area (Å²) < 4.78 is 13.4. The Kier molecular flexibility index (Phi) is 4.96. The van der Waals surface area contributed by atoms with Gasteiger partial charge in [-0.25, -0.2) is 0 Å². The van der Waals surface area contributed by atoms with E-state index in [1.807, 2.05) is 22.6 Å². The predicted octanol–water partition coefficient (Wildman–Crippen LogP) is 1.82. The van der Waals surface area contributed by atoms with Crippen molar-refractivity contribution in [2.24, 2.45) is 5.92 Å². The average Bonchev–Trinajstić information content (AvgIpc) is 2.03. The molecular formula is C9H13IO2. The van der Waals surface area contributed by atoms with Crippen LogP contribution in [0.15, 0.2) is 0 Å². The smallest absolute Gasteiger partial charge is 0.108 e. The second-order valence-electron chi connectivity index (χ2n) is 2.83. The summed E-state index contributed by atoms with van der Waals surface area (Å²) >= 11 is 2.01. The van der Waals surface area contributed by atoms with E-state index < -0.39 is 0 Å². The van der Waals surface area contributed by atoms with E-state index in [1.165, 1.54) is 6.42 Å². The molecule has 1 aliphatic heterocycles. The highest BCUT2D eigenvalue weighted by atomic mass is 127. The van der Waals surface area contributed by atoms with E-state index in [4.69, 9.17) is 9.47 Å². The normalized spacial score (nSPS) is 27.2. The van der Waals surface area contributed by atoms with Gasteiger partial charge in [0.2, 0.25) is 0 Å². The molecule has 0 aromatic heterocycles. The third-order valence-electron chi connectivity index (χ3n) is 2.10. The van der Waals surface area contributed by atoms with Gasteiger partial charge in [-0.05, 0) is 10.3 Å². The van der Waals surface area contributed by atoms with Crippen LogP contribution in [-0.2, 0) is 9.47 Å². The van der Waals surface area contributed by atoms with E-state index >= 15 is 0 Å². The van der Waals surface area contributed by atoms with Gasteiger partial charge in [-0.2, -0.15) is 0 Å². The van der Waals surface area contributed by atoms with Crippen LogP contribution in [0, 0.1) is 15.8 Å². The van der Waals surface area contributed by atoms with Crippen molar-refractivity contribution in [1.29, 1.82) is 0 Å². The highest BCUT2D eigenvalue weighted by Crippen LogP contribution is 2.23. The Bertz CT molecular complexity index is 181. The summed E-state index contributed by atoms with van der Waals surface area (Å²) in [5, 5.41) is 0. The van der Waals surface area contributed by atoms with Crippen molar-refractivity contribution in [3.63, 3.8) is 0 Å². The summed E-state index contributed by atoms with van der Waals surface area (Å²) in [7, 11) is 0. The highest BCUT2D eigenvalue weighted by Gasteiger charge is 2.30. The van der Waals surface area contributed by atoms with Crippen LogP contribution in [0.25, 0.3) is 0 Å². The molecule has 2 unspecified atom stereocenters. The van der Waals surface area contributed by atoms with Crippen LogP contribution in [0.4, 0.5) is 0 Å². The van der Waals surface area contributed by atoms with Crippen LogP contribution in [-0.4, -0.2) is 25.9 Å². The SMILES string of the molecule is CCC1COC1COCC#CI. The topological polar surface area (TPSA) is 18.5 Å². The fourth-order valence-electron chi connectivity index (χ4n) is 1.19. The van der Waals surface area contributed by atoms with Gasteiger partial charge in [0.1, 0.15) is 6.61 Å². The molecule has 0 N–H and O–H groups in total. The van der Waals surface area contributed by atoms with E-state index in [9.17, 15) is 0 Å². The zero-order chi connectivity index (χ0) is 8.81. The van der Waals surface area contributed by atoms with Crippen molar-refractivity contribution >= 4 is 22.6 Å². The molecule has 1 rings (SSSR count). The first-order chi connectivity index (χ1) is 5.88. The van der Waals surface area contributed by atoms with Crippen LogP contribution in [0.1, 0.15) is 13.3 Å². The molecule has 3 heteroatoms. The maximum Gasteiger partial charge on any atom is 0.108 e. The lowest BCUT2D eigenvalue weighted by Gasteiger charge is -2.35. The molecule has 0 aliphatic carbocycles. The summed E-state index contributed by atoms with van der Waals surface area (Å²) in [6, 6.07) is 0. The van der Waals surface area contributed by atoms with Crippen molar-refractivity contribution in [3.05, 3.63) is 0 Å². The van der Waals surface area contributed by atoms with E-state index in [-0.39, 0.29) is 0 Å². The van der Waals surface area contributed by atoms with E-state index in [0.29, 0.717) is 25.2 Å². The first kappa shape index (κ1) is 10.3. The highest BCUT2D eigenvalue weighted by molar-refractivity contribution is 14.1. The summed E-state index contributed by atoms with van der Waals surface area (Å²) in [5.74, 6) is 3.55. The molecule has 0 spiro atoms. The molecule has 0 saturated carbocycles. The van der Waals surface area contributed by atoms with E-state index in [0.717, 1.165) is 6.61 Å². The third kappa shape index (κ3) is 2.92. The molecule has 2 nitrogen and oxygen atoms in total. The second-order valence-corrected chi connectivity index (χ2v) is 3.37. The Balaban J connectivity index is 2.02. The Hall–Kier alpha value is 0.210. The van der Waals surface area contributed by atoms with Gasteiger partial charge < -0.3 is 9.47 Å². The molecule has 1 aliphatic rings. The van der Waals surface area contributed by atoms with Crippen molar-refractivity contribution < 1.29 is 9.47 Å². The van der Waals surface area contributed by atoms with Gasteiger partial charge in [-0.15, -0.1) is 0 Å². The fraction of sp³-hybridized carbons (Fsp3) is 0.778. The van der Waals surface area contributed by atoms with Gasteiger partial charge in [0.15, 0.2) is 0 Å². The van der Waals surface area contributed by atoms with Gasteiger partial charge in [-0.3, -0.25) is 0 Å². The summed E-state index contributed by atoms with van der Waals surface area (Å²) in [6.45, 7) is 4.32. The fourth-order valence-corrected chi connectivity index (χ4v) is 1.34. The Morgan fingerprint density at radius 2 is 2.50 bits per heavy atom. The molecule has 1 fully saturated rings. The maximum absolute atomic E-state index is 5.34. The molecule has 0 aromatic rings. The molecular weight excluding hydrogens is 267 g/mol. The lowest BCUT2D eigenvalue weighted by molar-refractivity contribution is -0.144. The minimum atomic E-state index is 0.325. The Morgan fingerprint density at radius 1 is 1.67 bits per heavy atom. The van der Waals surface area contributed by atoms with Crippen molar-refractivity contribution in [3.8, 4) is 9.85 Å². The molecule has 0 aromatic carbocycles. The number of ether oxygens (including phenoxy) is 2. The number of rotatable bonds is 4. The first-order valence-electron chi connectivity index (χ1n) is 4.16. The average molecular weight is 280 g/mol. The standard InChI is InChI=1S/C9H13IO2/c1-2-8-6-12-9(8)7-11-5-3-4-10/h8-9H,2,5-7H2,1H3. The molecule has 0 radical (unpaired) electrons. The number of hydrogen-bond donors (Lipinski definition) is 0. The zero-order valence-electron chi connectivity index (χ0n) is 7.18. The molecule has 0 amide bonds. The largest absolute Gasteiger partial charge is 0.375 e. The number of halogens is 1. The van der Waals surface area contributed by atoms with Gasteiger partial charge in [0.05, 0.1) is 19.3 Å². The summed E-state index contributed by atoms with van der Waals surface area (Å²) in [4.78, 5) is 0. The van der Waals surface area contributed by atoms with Gasteiger partial charge in [-0.1, -0.05) is 12.8 Å². The second kappa shape index (κ2) is 5.79. The van der Waals surface area contributed by atoms with Crippen molar-refractivity contribution in [2.45, 2.75) is 19.4 Å². The quantitative estimate of drug-likeness (QED) is 0.444. The Morgan fingerprint density at radius 3 is 3.00 bits per heavy atom.